The Labute approximate surface area is 139 Å². The maximum Gasteiger partial charge on any atom is 0.224 e. The SMILES string of the molecule is Cc1cc(C)cc(CNc2ccc(CC(=O)NC(C)C)cc2)c1. The minimum atomic E-state index is 0.0657. The van der Waals surface area contributed by atoms with Crippen LogP contribution in [-0.4, -0.2) is 11.9 Å². The molecule has 3 nitrogen and oxygen atoms in total. The second-order valence-corrected chi connectivity index (χ2v) is 6.45. The molecule has 0 saturated carbocycles. The molecule has 122 valence electrons. The van der Waals surface area contributed by atoms with Gasteiger partial charge < -0.3 is 10.6 Å². The van der Waals surface area contributed by atoms with Crippen LogP contribution < -0.4 is 10.6 Å². The highest BCUT2D eigenvalue weighted by molar-refractivity contribution is 5.78. The van der Waals surface area contributed by atoms with Crippen LogP contribution >= 0.6 is 0 Å². The highest BCUT2D eigenvalue weighted by Gasteiger charge is 2.05. The lowest BCUT2D eigenvalue weighted by Gasteiger charge is -2.10. The average Bonchev–Trinajstić information content (AvgIpc) is 2.44. The summed E-state index contributed by atoms with van der Waals surface area (Å²) in [6.07, 6.45) is 0.426. The summed E-state index contributed by atoms with van der Waals surface area (Å²) in [4.78, 5) is 11.8. The third-order valence-corrected chi connectivity index (χ3v) is 3.55. The summed E-state index contributed by atoms with van der Waals surface area (Å²) in [6, 6.07) is 14.8. The highest BCUT2D eigenvalue weighted by Crippen LogP contribution is 2.14. The van der Waals surface area contributed by atoms with Crippen molar-refractivity contribution in [3.63, 3.8) is 0 Å². The molecule has 0 aliphatic carbocycles. The summed E-state index contributed by atoms with van der Waals surface area (Å²) in [7, 11) is 0. The average molecular weight is 310 g/mol. The molecule has 2 aromatic carbocycles. The van der Waals surface area contributed by atoms with Crippen LogP contribution in [0.5, 0.6) is 0 Å². The molecule has 1 amide bonds. The van der Waals surface area contributed by atoms with Gasteiger partial charge in [-0.3, -0.25) is 4.79 Å². The maximum atomic E-state index is 11.8. The van der Waals surface area contributed by atoms with E-state index in [-0.39, 0.29) is 11.9 Å². The maximum absolute atomic E-state index is 11.8. The van der Waals surface area contributed by atoms with E-state index in [4.69, 9.17) is 0 Å². The molecule has 0 saturated heterocycles. The molecule has 0 unspecified atom stereocenters. The molecular weight excluding hydrogens is 284 g/mol. The second kappa shape index (κ2) is 7.82. The molecule has 0 aliphatic heterocycles. The first-order chi connectivity index (χ1) is 10.9. The van der Waals surface area contributed by atoms with Crippen molar-refractivity contribution < 1.29 is 4.79 Å². The predicted molar refractivity (Wildman–Crippen MR) is 96.7 cm³/mol. The topological polar surface area (TPSA) is 41.1 Å². The lowest BCUT2D eigenvalue weighted by molar-refractivity contribution is -0.120. The van der Waals surface area contributed by atoms with Crippen LogP contribution in [0.15, 0.2) is 42.5 Å². The van der Waals surface area contributed by atoms with Crippen LogP contribution in [0.25, 0.3) is 0 Å². The Kier molecular flexibility index (Phi) is 5.80. The molecule has 0 radical (unpaired) electrons. The van der Waals surface area contributed by atoms with E-state index in [1.54, 1.807) is 0 Å². The summed E-state index contributed by atoms with van der Waals surface area (Å²) in [5.74, 6) is 0.0657. The number of carbonyl (C=O) groups is 1. The highest BCUT2D eigenvalue weighted by atomic mass is 16.1. The largest absolute Gasteiger partial charge is 0.381 e. The molecule has 2 N–H and O–H groups in total. The van der Waals surface area contributed by atoms with Gasteiger partial charge in [-0.25, -0.2) is 0 Å². The number of amides is 1. The van der Waals surface area contributed by atoms with Crippen molar-refractivity contribution in [1.29, 1.82) is 0 Å². The van der Waals surface area contributed by atoms with E-state index >= 15 is 0 Å². The number of benzene rings is 2. The van der Waals surface area contributed by atoms with E-state index in [1.807, 2.05) is 38.1 Å². The van der Waals surface area contributed by atoms with E-state index in [2.05, 4.69) is 42.7 Å². The zero-order valence-corrected chi connectivity index (χ0v) is 14.4. The monoisotopic (exact) mass is 310 g/mol. The zero-order chi connectivity index (χ0) is 16.8. The molecule has 3 heteroatoms. The molecule has 2 rings (SSSR count). The molecule has 0 bridgehead atoms. The first-order valence-corrected chi connectivity index (χ1v) is 8.12. The number of anilines is 1. The molecule has 0 spiro atoms. The molecule has 2 aromatic rings. The van der Waals surface area contributed by atoms with Crippen LogP contribution in [0.3, 0.4) is 0 Å². The third-order valence-electron chi connectivity index (χ3n) is 3.55. The fourth-order valence-electron chi connectivity index (χ4n) is 2.67. The molecule has 0 aliphatic rings. The molecule has 0 aromatic heterocycles. The first kappa shape index (κ1) is 17.1. The summed E-state index contributed by atoms with van der Waals surface area (Å²) >= 11 is 0. The number of hydrogen-bond acceptors (Lipinski definition) is 2. The molecule has 0 heterocycles. The fourth-order valence-corrected chi connectivity index (χ4v) is 2.67. The van der Waals surface area contributed by atoms with Gasteiger partial charge in [0.25, 0.3) is 0 Å². The van der Waals surface area contributed by atoms with Gasteiger partial charge in [0.2, 0.25) is 5.91 Å². The van der Waals surface area contributed by atoms with Gasteiger partial charge >= 0.3 is 0 Å². The van der Waals surface area contributed by atoms with Crippen LogP contribution in [0, 0.1) is 13.8 Å². The predicted octanol–water partition coefficient (Wildman–Crippen LogP) is 3.98. The van der Waals surface area contributed by atoms with Gasteiger partial charge in [0.05, 0.1) is 6.42 Å². The summed E-state index contributed by atoms with van der Waals surface area (Å²) in [5, 5.41) is 6.34. The van der Waals surface area contributed by atoms with Gasteiger partial charge in [-0.2, -0.15) is 0 Å². The Morgan fingerprint density at radius 3 is 2.13 bits per heavy atom. The number of hydrogen-bond donors (Lipinski definition) is 2. The van der Waals surface area contributed by atoms with Gasteiger partial charge in [-0.15, -0.1) is 0 Å². The van der Waals surface area contributed by atoms with E-state index in [9.17, 15) is 4.79 Å². The van der Waals surface area contributed by atoms with Gasteiger partial charge in [0.1, 0.15) is 0 Å². The molecule has 0 atom stereocenters. The molecule has 23 heavy (non-hydrogen) atoms. The number of carbonyl (C=O) groups excluding carboxylic acids is 1. The third kappa shape index (κ3) is 5.78. The fraction of sp³-hybridized carbons (Fsp3) is 0.350. The number of aryl methyl sites for hydroxylation is 2. The summed E-state index contributed by atoms with van der Waals surface area (Å²) in [5.41, 5.74) is 5.95. The Morgan fingerprint density at radius 1 is 0.957 bits per heavy atom. The van der Waals surface area contributed by atoms with Gasteiger partial charge in [-0.05, 0) is 51.0 Å². The molecular formula is C20H26N2O. The summed E-state index contributed by atoms with van der Waals surface area (Å²) in [6.45, 7) is 8.98. The van der Waals surface area contributed by atoms with E-state index in [0.717, 1.165) is 17.8 Å². The van der Waals surface area contributed by atoms with E-state index in [0.29, 0.717) is 6.42 Å². The van der Waals surface area contributed by atoms with E-state index < -0.39 is 0 Å². The normalized spacial score (nSPS) is 10.7. The van der Waals surface area contributed by atoms with E-state index in [1.165, 1.54) is 16.7 Å². The Balaban J connectivity index is 1.91. The Morgan fingerprint density at radius 2 is 1.57 bits per heavy atom. The van der Waals surface area contributed by atoms with Crippen molar-refractivity contribution in [2.24, 2.45) is 0 Å². The van der Waals surface area contributed by atoms with Crippen LogP contribution in [0.1, 0.15) is 36.1 Å². The van der Waals surface area contributed by atoms with Crippen LogP contribution in [0.4, 0.5) is 5.69 Å². The summed E-state index contributed by atoms with van der Waals surface area (Å²) < 4.78 is 0. The van der Waals surface area contributed by atoms with Crippen molar-refractivity contribution in [1.82, 2.24) is 5.32 Å². The zero-order valence-electron chi connectivity index (χ0n) is 14.4. The van der Waals surface area contributed by atoms with Gasteiger partial charge in [0.15, 0.2) is 0 Å². The lowest BCUT2D eigenvalue weighted by Crippen LogP contribution is -2.31. The first-order valence-electron chi connectivity index (χ1n) is 8.12. The Bertz CT molecular complexity index is 640. The van der Waals surface area contributed by atoms with Crippen LogP contribution in [-0.2, 0) is 17.8 Å². The Hall–Kier alpha value is -2.29. The minimum absolute atomic E-state index is 0.0657. The lowest BCUT2D eigenvalue weighted by atomic mass is 10.1. The van der Waals surface area contributed by atoms with Crippen LogP contribution in [0.2, 0.25) is 0 Å². The van der Waals surface area contributed by atoms with Crippen molar-refractivity contribution >= 4 is 11.6 Å². The molecule has 0 fully saturated rings. The number of nitrogens with one attached hydrogen (secondary N) is 2. The minimum Gasteiger partial charge on any atom is -0.381 e. The quantitative estimate of drug-likeness (QED) is 0.847. The van der Waals surface area contributed by atoms with Gasteiger partial charge in [-0.1, -0.05) is 41.5 Å². The van der Waals surface area contributed by atoms with Crippen molar-refractivity contribution in [3.8, 4) is 0 Å². The van der Waals surface area contributed by atoms with Crippen molar-refractivity contribution in [3.05, 3.63) is 64.7 Å². The second-order valence-electron chi connectivity index (χ2n) is 6.45. The standard InChI is InChI=1S/C20H26N2O/c1-14(2)22-20(23)12-17-5-7-19(8-6-17)21-13-18-10-15(3)9-16(4)11-18/h5-11,14,21H,12-13H2,1-4H3,(H,22,23). The number of rotatable bonds is 6. The smallest absolute Gasteiger partial charge is 0.224 e. The van der Waals surface area contributed by atoms with Gasteiger partial charge in [0, 0.05) is 18.3 Å². The van der Waals surface area contributed by atoms with Crippen molar-refractivity contribution in [2.75, 3.05) is 5.32 Å². The van der Waals surface area contributed by atoms with Crippen molar-refractivity contribution in [2.45, 2.75) is 46.7 Å².